The van der Waals surface area contributed by atoms with E-state index in [1.165, 1.54) is 12.1 Å². The monoisotopic (exact) mass is 559 g/mol. The Morgan fingerprint density at radius 2 is 1.64 bits per heavy atom. The van der Waals surface area contributed by atoms with Crippen LogP contribution < -0.4 is 10.6 Å². The summed E-state index contributed by atoms with van der Waals surface area (Å²) in [5.41, 5.74) is 1.24. The van der Waals surface area contributed by atoms with E-state index < -0.39 is 45.4 Å². The van der Waals surface area contributed by atoms with Gasteiger partial charge in [0.15, 0.2) is 0 Å². The Morgan fingerprint density at radius 3 is 2.26 bits per heavy atom. The van der Waals surface area contributed by atoms with Crippen molar-refractivity contribution >= 4 is 27.9 Å². The molecule has 10 nitrogen and oxygen atoms in total. The van der Waals surface area contributed by atoms with Gasteiger partial charge in [0, 0.05) is 19.2 Å². The Balaban J connectivity index is 1.91. The number of amides is 3. The van der Waals surface area contributed by atoms with E-state index in [-0.39, 0.29) is 10.8 Å². The number of hydrogen-bond acceptors (Lipinski definition) is 7. The molecule has 11 heteroatoms. The van der Waals surface area contributed by atoms with Gasteiger partial charge in [-0.05, 0) is 89.4 Å². The average molecular weight is 560 g/mol. The van der Waals surface area contributed by atoms with Crippen LogP contribution in [0.15, 0.2) is 47.4 Å². The number of alkyl carbamates (subject to hydrolysis) is 1. The lowest BCUT2D eigenvalue weighted by Gasteiger charge is -2.33. The largest absolute Gasteiger partial charge is 0.444 e. The highest BCUT2D eigenvalue weighted by molar-refractivity contribution is 7.89. The molecule has 0 saturated carbocycles. The zero-order valence-electron chi connectivity index (χ0n) is 23.6. The van der Waals surface area contributed by atoms with E-state index in [2.05, 4.69) is 10.6 Å². The van der Waals surface area contributed by atoms with Crippen molar-refractivity contribution < 1.29 is 32.3 Å². The summed E-state index contributed by atoms with van der Waals surface area (Å²) in [5.74, 6) is -1.03. The quantitative estimate of drug-likeness (QED) is 0.527. The number of likely N-dealkylation sites (N-methyl/N-ethyl adjacent to an activating group) is 1. The van der Waals surface area contributed by atoms with E-state index in [0.29, 0.717) is 22.0 Å². The molecular formula is C28H37N3O7S. The molecule has 2 aromatic carbocycles. The Bertz CT molecular complexity index is 1370. The number of hydrogen-bond donors (Lipinski definition) is 2. The van der Waals surface area contributed by atoms with Crippen LogP contribution in [0, 0.1) is 0 Å². The van der Waals surface area contributed by atoms with Crippen molar-refractivity contribution in [2.45, 2.75) is 83.3 Å². The molecule has 0 unspecified atom stereocenters. The van der Waals surface area contributed by atoms with Gasteiger partial charge in [-0.25, -0.2) is 17.5 Å². The maximum atomic E-state index is 13.6. The molecule has 0 aromatic heterocycles. The van der Waals surface area contributed by atoms with Crippen LogP contribution >= 0.6 is 0 Å². The van der Waals surface area contributed by atoms with Crippen LogP contribution in [-0.2, 0) is 30.8 Å². The number of nitrogens with one attached hydrogen (secondary N) is 2. The molecule has 1 aliphatic rings. The first-order chi connectivity index (χ1) is 17.9. The third-order valence-corrected chi connectivity index (χ3v) is 7.62. The van der Waals surface area contributed by atoms with E-state index in [1.54, 1.807) is 72.7 Å². The maximum Gasteiger partial charge on any atom is 0.408 e. The van der Waals surface area contributed by atoms with Gasteiger partial charge in [0.1, 0.15) is 11.6 Å². The fourth-order valence-electron chi connectivity index (χ4n) is 4.16. The first kappa shape index (κ1) is 30.1. The molecule has 0 aliphatic carbocycles. The lowest BCUT2D eigenvalue weighted by atomic mass is 10.0. The van der Waals surface area contributed by atoms with Crippen molar-refractivity contribution in [1.29, 1.82) is 0 Å². The number of carbonyl (C=O) groups excluding carboxylic acids is 3. The zero-order valence-corrected chi connectivity index (χ0v) is 24.4. The maximum absolute atomic E-state index is 13.6. The van der Waals surface area contributed by atoms with Gasteiger partial charge >= 0.3 is 6.09 Å². The summed E-state index contributed by atoms with van der Waals surface area (Å²) < 4.78 is 39.0. The zero-order chi connectivity index (χ0) is 29.3. The first-order valence-corrected chi connectivity index (χ1v) is 14.0. The summed E-state index contributed by atoms with van der Waals surface area (Å²) in [4.78, 5) is 37.9. The lowest BCUT2D eigenvalue weighted by molar-refractivity contribution is -0.135. The minimum atomic E-state index is -4.31. The van der Waals surface area contributed by atoms with Crippen molar-refractivity contribution in [2.75, 3.05) is 7.05 Å². The van der Waals surface area contributed by atoms with Gasteiger partial charge in [-0.15, -0.1) is 0 Å². The predicted octanol–water partition coefficient (Wildman–Crippen LogP) is 3.84. The number of ether oxygens (including phenoxy) is 2. The van der Waals surface area contributed by atoms with E-state index in [4.69, 9.17) is 9.47 Å². The van der Waals surface area contributed by atoms with Gasteiger partial charge in [-0.2, -0.15) is 0 Å². The van der Waals surface area contributed by atoms with Crippen LogP contribution in [0.25, 0.3) is 11.1 Å². The second-order valence-corrected chi connectivity index (χ2v) is 13.4. The SMILES string of the molecule is C[C@@H](OC(C)(C)C)[C@H](NC(=O)OC(C)(C)C)C(=O)N(C)S(=O)(=O)c1cccc(-c2ccc3c(c2)CNC3=O)c1. The van der Waals surface area contributed by atoms with Crippen molar-refractivity contribution in [3.8, 4) is 11.1 Å². The normalized spacial score (nSPS) is 15.1. The summed E-state index contributed by atoms with van der Waals surface area (Å²) in [6.07, 6.45) is -1.75. The van der Waals surface area contributed by atoms with Gasteiger partial charge in [-0.1, -0.05) is 18.2 Å². The van der Waals surface area contributed by atoms with E-state index >= 15 is 0 Å². The first-order valence-electron chi connectivity index (χ1n) is 12.6. The van der Waals surface area contributed by atoms with Crippen molar-refractivity contribution in [1.82, 2.24) is 14.9 Å². The van der Waals surface area contributed by atoms with Crippen LogP contribution in [0.2, 0.25) is 0 Å². The Hall–Kier alpha value is -3.44. The molecular weight excluding hydrogens is 522 g/mol. The second kappa shape index (κ2) is 11.0. The molecule has 39 heavy (non-hydrogen) atoms. The smallest absolute Gasteiger partial charge is 0.408 e. The Kier molecular flexibility index (Phi) is 8.47. The van der Waals surface area contributed by atoms with Gasteiger partial charge in [-0.3, -0.25) is 9.59 Å². The third kappa shape index (κ3) is 7.36. The number of rotatable bonds is 7. The molecule has 0 saturated heterocycles. The fourth-order valence-corrected chi connectivity index (χ4v) is 5.35. The fraction of sp³-hybridized carbons (Fsp3) is 0.464. The minimum absolute atomic E-state index is 0.106. The summed E-state index contributed by atoms with van der Waals surface area (Å²) in [5, 5.41) is 5.25. The second-order valence-electron chi connectivity index (χ2n) is 11.5. The average Bonchev–Trinajstić information content (AvgIpc) is 3.19. The highest BCUT2D eigenvalue weighted by atomic mass is 32.2. The predicted molar refractivity (Wildman–Crippen MR) is 146 cm³/mol. The third-order valence-electron chi connectivity index (χ3n) is 5.87. The molecule has 0 fully saturated rings. The summed E-state index contributed by atoms with van der Waals surface area (Å²) in [6.45, 7) is 12.4. The van der Waals surface area contributed by atoms with E-state index in [0.717, 1.165) is 18.2 Å². The Morgan fingerprint density at radius 1 is 1.00 bits per heavy atom. The standard InChI is InChI=1S/C28H37N3O7S/c1-17(37-27(2,3)4)23(30-26(34)38-28(5,6)7)25(33)31(8)39(35,36)21-11-9-10-18(15-21)19-12-13-22-20(14-19)16-29-24(22)32/h9-15,17,23H,16H2,1-8H3,(H,29,32)(H,30,34)/t17-,23+/m1/s1. The molecule has 212 valence electrons. The number of benzene rings is 2. The van der Waals surface area contributed by atoms with Crippen LogP contribution in [0.1, 0.15) is 64.4 Å². The molecule has 3 amide bonds. The highest BCUT2D eigenvalue weighted by Crippen LogP contribution is 2.28. The Labute approximate surface area is 230 Å². The van der Waals surface area contributed by atoms with Crippen LogP contribution in [0.5, 0.6) is 0 Å². The number of sulfonamides is 1. The minimum Gasteiger partial charge on any atom is -0.444 e. The highest BCUT2D eigenvalue weighted by Gasteiger charge is 2.38. The van der Waals surface area contributed by atoms with Crippen molar-refractivity contribution in [3.63, 3.8) is 0 Å². The van der Waals surface area contributed by atoms with Gasteiger partial charge < -0.3 is 20.1 Å². The lowest BCUT2D eigenvalue weighted by Crippen LogP contribution is -2.56. The van der Waals surface area contributed by atoms with E-state index in [9.17, 15) is 22.8 Å². The number of nitrogens with zero attached hydrogens (tertiary/aromatic N) is 1. The van der Waals surface area contributed by atoms with Crippen LogP contribution in [0.4, 0.5) is 4.79 Å². The molecule has 2 N–H and O–H groups in total. The molecule has 2 atom stereocenters. The summed E-state index contributed by atoms with van der Waals surface area (Å²) in [7, 11) is -3.17. The number of fused-ring (bicyclic) bond motifs is 1. The molecule has 1 aliphatic heterocycles. The van der Waals surface area contributed by atoms with Gasteiger partial charge in [0.25, 0.3) is 21.8 Å². The van der Waals surface area contributed by atoms with Crippen molar-refractivity contribution in [3.05, 3.63) is 53.6 Å². The number of carbonyl (C=O) groups is 3. The molecule has 0 bridgehead atoms. The van der Waals surface area contributed by atoms with Crippen LogP contribution in [-0.4, -0.2) is 61.0 Å². The van der Waals surface area contributed by atoms with Crippen LogP contribution in [0.3, 0.4) is 0 Å². The van der Waals surface area contributed by atoms with Crippen molar-refractivity contribution in [2.24, 2.45) is 0 Å². The molecule has 1 heterocycles. The van der Waals surface area contributed by atoms with Gasteiger partial charge in [0.05, 0.1) is 16.6 Å². The molecule has 0 spiro atoms. The summed E-state index contributed by atoms with van der Waals surface area (Å²) >= 11 is 0. The molecule has 0 radical (unpaired) electrons. The molecule has 2 aromatic rings. The van der Waals surface area contributed by atoms with Gasteiger partial charge in [0.2, 0.25) is 0 Å². The molecule has 3 rings (SSSR count). The van der Waals surface area contributed by atoms with E-state index in [1.807, 2.05) is 6.07 Å². The topological polar surface area (TPSA) is 131 Å². The summed E-state index contributed by atoms with van der Waals surface area (Å²) in [6, 6.07) is 10.1.